The lowest BCUT2D eigenvalue weighted by atomic mass is 10.0. The van der Waals surface area contributed by atoms with Crippen LogP contribution < -0.4 is 5.48 Å². The Morgan fingerprint density at radius 1 is 1.11 bits per heavy atom. The number of hydroxylamine groups is 1. The molecule has 0 fully saturated rings. The fourth-order valence-electron chi connectivity index (χ4n) is 1.76. The molecule has 2 nitrogen and oxygen atoms in total. The van der Waals surface area contributed by atoms with Crippen LogP contribution in [0.5, 0.6) is 0 Å². The predicted octanol–water partition coefficient (Wildman–Crippen LogP) is 4.39. The van der Waals surface area contributed by atoms with Crippen molar-refractivity contribution in [2.45, 2.75) is 13.0 Å². The molecule has 98 valence electrons. The van der Waals surface area contributed by atoms with Crippen LogP contribution in [0.3, 0.4) is 0 Å². The molecule has 0 aromatic heterocycles. The Hall–Kier alpha value is -1.61. The first-order valence-electron chi connectivity index (χ1n) is 6.13. The topological polar surface area (TPSA) is 32.3 Å². The van der Waals surface area contributed by atoms with Gasteiger partial charge in [0.2, 0.25) is 0 Å². The van der Waals surface area contributed by atoms with E-state index in [1.54, 1.807) is 0 Å². The Kier molecular flexibility index (Phi) is 4.74. The fourth-order valence-corrected chi connectivity index (χ4v) is 1.89. The van der Waals surface area contributed by atoms with Crippen LogP contribution in [-0.4, -0.2) is 11.2 Å². The van der Waals surface area contributed by atoms with Gasteiger partial charge >= 0.3 is 0 Å². The molecule has 19 heavy (non-hydrogen) atoms. The molecular formula is C16H16ClNO. The van der Waals surface area contributed by atoms with E-state index in [4.69, 9.17) is 16.8 Å². The highest BCUT2D eigenvalue weighted by molar-refractivity contribution is 6.30. The third-order valence-corrected chi connectivity index (χ3v) is 3.10. The Morgan fingerprint density at radius 2 is 1.84 bits per heavy atom. The summed E-state index contributed by atoms with van der Waals surface area (Å²) < 4.78 is 0. The standard InChI is InChI=1S/C16H16ClNO/c1-12(18-19)5-6-13-3-2-4-15(11-13)14-7-9-16(17)10-8-14/h2-12,18-19H,1H3/b6-5+/t12-/m0/s1. The Labute approximate surface area is 118 Å². The summed E-state index contributed by atoms with van der Waals surface area (Å²) in [5, 5.41) is 9.50. The number of nitrogens with one attached hydrogen (secondary N) is 1. The zero-order chi connectivity index (χ0) is 13.7. The second kappa shape index (κ2) is 6.53. The Balaban J connectivity index is 2.24. The van der Waals surface area contributed by atoms with Gasteiger partial charge < -0.3 is 5.21 Å². The van der Waals surface area contributed by atoms with Crippen LogP contribution in [0.2, 0.25) is 5.02 Å². The van der Waals surface area contributed by atoms with Gasteiger partial charge in [0.25, 0.3) is 0 Å². The van der Waals surface area contributed by atoms with E-state index in [9.17, 15) is 0 Å². The normalized spacial score (nSPS) is 12.8. The zero-order valence-electron chi connectivity index (χ0n) is 10.7. The summed E-state index contributed by atoms with van der Waals surface area (Å²) in [6.45, 7) is 1.87. The van der Waals surface area contributed by atoms with E-state index >= 15 is 0 Å². The van der Waals surface area contributed by atoms with Gasteiger partial charge in [0.15, 0.2) is 0 Å². The summed E-state index contributed by atoms with van der Waals surface area (Å²) in [4.78, 5) is 0. The molecule has 0 radical (unpaired) electrons. The second-order valence-corrected chi connectivity index (χ2v) is 4.85. The molecule has 0 amide bonds. The Bertz CT molecular complexity index is 563. The molecule has 0 unspecified atom stereocenters. The maximum absolute atomic E-state index is 8.76. The number of halogens is 1. The highest BCUT2D eigenvalue weighted by Gasteiger charge is 1.98. The SMILES string of the molecule is C[C@@H](/C=C/c1cccc(-c2ccc(Cl)cc2)c1)NO. The number of hydrogen-bond acceptors (Lipinski definition) is 2. The average Bonchev–Trinajstić information content (AvgIpc) is 2.46. The number of benzene rings is 2. The molecule has 2 aromatic carbocycles. The van der Waals surface area contributed by atoms with Gasteiger partial charge in [-0.15, -0.1) is 0 Å². The highest BCUT2D eigenvalue weighted by atomic mass is 35.5. The van der Waals surface area contributed by atoms with E-state index < -0.39 is 0 Å². The molecule has 2 rings (SSSR count). The van der Waals surface area contributed by atoms with Crippen molar-refractivity contribution < 1.29 is 5.21 Å². The molecule has 0 aliphatic carbocycles. The van der Waals surface area contributed by atoms with Crippen molar-refractivity contribution in [3.63, 3.8) is 0 Å². The second-order valence-electron chi connectivity index (χ2n) is 4.41. The van der Waals surface area contributed by atoms with Crippen molar-refractivity contribution in [2.24, 2.45) is 0 Å². The zero-order valence-corrected chi connectivity index (χ0v) is 11.4. The van der Waals surface area contributed by atoms with Crippen molar-refractivity contribution in [3.8, 4) is 11.1 Å². The van der Waals surface area contributed by atoms with Crippen LogP contribution in [0, 0.1) is 0 Å². The lowest BCUT2D eigenvalue weighted by Gasteiger charge is -2.04. The first-order valence-corrected chi connectivity index (χ1v) is 6.50. The van der Waals surface area contributed by atoms with Crippen LogP contribution >= 0.6 is 11.6 Å². The smallest absolute Gasteiger partial charge is 0.0474 e. The molecule has 3 heteroatoms. The molecular weight excluding hydrogens is 258 g/mol. The number of hydrogen-bond donors (Lipinski definition) is 2. The molecule has 0 spiro atoms. The van der Waals surface area contributed by atoms with Crippen LogP contribution in [0.25, 0.3) is 17.2 Å². The van der Waals surface area contributed by atoms with Crippen molar-refractivity contribution in [1.82, 2.24) is 5.48 Å². The monoisotopic (exact) mass is 273 g/mol. The third kappa shape index (κ3) is 3.93. The van der Waals surface area contributed by atoms with Crippen molar-refractivity contribution in [1.29, 1.82) is 0 Å². The van der Waals surface area contributed by atoms with E-state index in [0.717, 1.165) is 21.7 Å². The summed E-state index contributed by atoms with van der Waals surface area (Å²) in [7, 11) is 0. The van der Waals surface area contributed by atoms with Crippen molar-refractivity contribution in [2.75, 3.05) is 0 Å². The maximum atomic E-state index is 8.76. The fraction of sp³-hybridized carbons (Fsp3) is 0.125. The average molecular weight is 274 g/mol. The van der Waals surface area contributed by atoms with Gasteiger partial charge in [-0.2, -0.15) is 5.48 Å². The van der Waals surface area contributed by atoms with Crippen LogP contribution in [-0.2, 0) is 0 Å². The molecule has 1 atom stereocenters. The molecule has 2 aromatic rings. The van der Waals surface area contributed by atoms with Gasteiger partial charge in [-0.1, -0.05) is 54.1 Å². The molecule has 0 saturated heterocycles. The van der Waals surface area contributed by atoms with E-state index in [2.05, 4.69) is 17.6 Å². The van der Waals surface area contributed by atoms with Crippen LogP contribution in [0.4, 0.5) is 0 Å². The third-order valence-electron chi connectivity index (χ3n) is 2.85. The van der Waals surface area contributed by atoms with E-state index in [1.807, 2.05) is 55.5 Å². The largest absolute Gasteiger partial charge is 0.316 e. The predicted molar refractivity (Wildman–Crippen MR) is 80.3 cm³/mol. The van der Waals surface area contributed by atoms with Crippen LogP contribution in [0.1, 0.15) is 12.5 Å². The lowest BCUT2D eigenvalue weighted by molar-refractivity contribution is 0.150. The summed E-state index contributed by atoms with van der Waals surface area (Å²) in [5.74, 6) is 0. The molecule has 0 aliphatic heterocycles. The quantitative estimate of drug-likeness (QED) is 0.810. The summed E-state index contributed by atoms with van der Waals surface area (Å²) in [6.07, 6.45) is 3.88. The first kappa shape index (κ1) is 13.8. The summed E-state index contributed by atoms with van der Waals surface area (Å²) in [5.41, 5.74) is 5.55. The van der Waals surface area contributed by atoms with Crippen molar-refractivity contribution >= 4 is 17.7 Å². The van der Waals surface area contributed by atoms with Gasteiger partial charge in [-0.25, -0.2) is 0 Å². The first-order chi connectivity index (χ1) is 9.19. The molecule has 0 heterocycles. The summed E-state index contributed by atoms with van der Waals surface area (Å²) >= 11 is 5.89. The Morgan fingerprint density at radius 3 is 2.53 bits per heavy atom. The highest BCUT2D eigenvalue weighted by Crippen LogP contribution is 2.22. The van der Waals surface area contributed by atoms with E-state index in [1.165, 1.54) is 0 Å². The molecule has 0 saturated carbocycles. The minimum Gasteiger partial charge on any atom is -0.316 e. The summed E-state index contributed by atoms with van der Waals surface area (Å²) in [6, 6.07) is 15.9. The number of rotatable bonds is 4. The van der Waals surface area contributed by atoms with Gasteiger partial charge in [-0.3, -0.25) is 0 Å². The lowest BCUT2D eigenvalue weighted by Crippen LogP contribution is -2.18. The van der Waals surface area contributed by atoms with Gasteiger partial charge in [0, 0.05) is 11.1 Å². The minimum absolute atomic E-state index is 0.0702. The van der Waals surface area contributed by atoms with Gasteiger partial charge in [0.1, 0.15) is 0 Å². The maximum Gasteiger partial charge on any atom is 0.0474 e. The molecule has 0 bridgehead atoms. The van der Waals surface area contributed by atoms with Crippen molar-refractivity contribution in [3.05, 3.63) is 65.2 Å². The van der Waals surface area contributed by atoms with E-state index in [0.29, 0.717) is 0 Å². The van der Waals surface area contributed by atoms with Gasteiger partial charge in [0.05, 0.1) is 0 Å². The van der Waals surface area contributed by atoms with E-state index in [-0.39, 0.29) is 6.04 Å². The molecule has 0 aliphatic rings. The molecule has 2 N–H and O–H groups in total. The van der Waals surface area contributed by atoms with Gasteiger partial charge in [-0.05, 0) is 41.8 Å². The van der Waals surface area contributed by atoms with Crippen LogP contribution in [0.15, 0.2) is 54.6 Å². The minimum atomic E-state index is -0.0702.